The van der Waals surface area contributed by atoms with E-state index < -0.39 is 0 Å². The Bertz CT molecular complexity index is 604. The molecule has 0 spiro atoms. The molecule has 0 fully saturated rings. The molecule has 4 heteroatoms. The highest BCUT2D eigenvalue weighted by Gasteiger charge is 2.04. The maximum absolute atomic E-state index is 4.17. The summed E-state index contributed by atoms with van der Waals surface area (Å²) in [6.07, 6.45) is 0. The molecule has 0 bridgehead atoms. The maximum Gasteiger partial charge on any atom is 0.256 e. The first-order valence-electron chi connectivity index (χ1n) is 5.06. The first-order chi connectivity index (χ1) is 7.93. The highest BCUT2D eigenvalue weighted by Crippen LogP contribution is 2.07. The van der Waals surface area contributed by atoms with Crippen LogP contribution in [0.15, 0.2) is 54.6 Å². The first-order valence-corrected chi connectivity index (χ1v) is 6.01. The Hall–Kier alpha value is -1.94. The van der Waals surface area contributed by atoms with E-state index in [0.29, 0.717) is 9.68 Å². The number of hydrogen-bond acceptors (Lipinski definition) is 2. The molecule has 3 rings (SSSR count). The SMILES string of the molecule is c1ccc([Si]n2nnc3ccccc32)cc1. The average molecular weight is 223 g/mol. The zero-order chi connectivity index (χ0) is 10.8. The minimum absolute atomic E-state index is 0.498. The van der Waals surface area contributed by atoms with Gasteiger partial charge in [-0.2, -0.15) is 0 Å². The normalized spacial score (nSPS) is 10.8. The van der Waals surface area contributed by atoms with Crippen LogP contribution in [-0.4, -0.2) is 24.3 Å². The van der Waals surface area contributed by atoms with Crippen LogP contribution in [0.3, 0.4) is 0 Å². The highest BCUT2D eigenvalue weighted by atomic mass is 28.2. The number of benzene rings is 2. The van der Waals surface area contributed by atoms with Crippen molar-refractivity contribution in [2.75, 3.05) is 0 Å². The van der Waals surface area contributed by atoms with Gasteiger partial charge in [0.2, 0.25) is 0 Å². The van der Waals surface area contributed by atoms with E-state index in [2.05, 4.69) is 22.4 Å². The molecule has 0 amide bonds. The van der Waals surface area contributed by atoms with Crippen molar-refractivity contribution >= 4 is 25.9 Å². The second-order valence-corrected chi connectivity index (χ2v) is 4.69. The van der Waals surface area contributed by atoms with Gasteiger partial charge < -0.3 is 0 Å². The summed E-state index contributed by atoms with van der Waals surface area (Å²) in [5, 5.41) is 9.57. The second kappa shape index (κ2) is 3.90. The molecule has 0 atom stereocenters. The Morgan fingerprint density at radius 2 is 1.62 bits per heavy atom. The number of hydrogen-bond donors (Lipinski definition) is 0. The van der Waals surface area contributed by atoms with E-state index in [9.17, 15) is 0 Å². The Balaban J connectivity index is 2.01. The molecule has 0 unspecified atom stereocenters. The summed E-state index contributed by atoms with van der Waals surface area (Å²) in [5.41, 5.74) is 2.04. The van der Waals surface area contributed by atoms with Crippen molar-refractivity contribution in [3.63, 3.8) is 0 Å². The van der Waals surface area contributed by atoms with E-state index in [0.717, 1.165) is 11.0 Å². The molecule has 0 aliphatic carbocycles. The summed E-state index contributed by atoms with van der Waals surface area (Å²) in [6.45, 7) is 0. The number of para-hydroxylation sites is 1. The quantitative estimate of drug-likeness (QED) is 0.612. The van der Waals surface area contributed by atoms with Gasteiger partial charge >= 0.3 is 0 Å². The minimum atomic E-state index is 0.498. The molecule has 2 radical (unpaired) electrons. The molecular formula is C12H9N3Si. The molecule has 16 heavy (non-hydrogen) atoms. The fraction of sp³-hybridized carbons (Fsp3) is 0. The summed E-state index contributed by atoms with van der Waals surface area (Å²) in [6, 6.07) is 18.3. The van der Waals surface area contributed by atoms with Crippen LogP contribution in [0.5, 0.6) is 0 Å². The fourth-order valence-corrected chi connectivity index (χ4v) is 2.57. The molecule has 0 saturated heterocycles. The lowest BCUT2D eigenvalue weighted by molar-refractivity contribution is 0.892. The van der Waals surface area contributed by atoms with Gasteiger partial charge in [-0.15, -0.1) is 5.10 Å². The van der Waals surface area contributed by atoms with Crippen molar-refractivity contribution < 1.29 is 0 Å². The lowest BCUT2D eigenvalue weighted by Crippen LogP contribution is -2.22. The summed E-state index contributed by atoms with van der Waals surface area (Å²) in [4.78, 5) is 0. The Morgan fingerprint density at radius 1 is 0.875 bits per heavy atom. The lowest BCUT2D eigenvalue weighted by Gasteiger charge is -1.99. The zero-order valence-corrected chi connectivity index (χ0v) is 9.54. The molecule has 0 saturated carbocycles. The van der Waals surface area contributed by atoms with E-state index in [-0.39, 0.29) is 0 Å². The van der Waals surface area contributed by atoms with Crippen molar-refractivity contribution in [3.05, 3.63) is 54.6 Å². The van der Waals surface area contributed by atoms with E-state index in [4.69, 9.17) is 0 Å². The van der Waals surface area contributed by atoms with E-state index in [1.807, 2.05) is 46.8 Å². The van der Waals surface area contributed by atoms with Crippen LogP contribution in [0.2, 0.25) is 0 Å². The lowest BCUT2D eigenvalue weighted by atomic mass is 10.3. The van der Waals surface area contributed by atoms with Gasteiger partial charge in [0, 0.05) is 0 Å². The van der Waals surface area contributed by atoms with E-state index in [1.165, 1.54) is 5.19 Å². The predicted octanol–water partition coefficient (Wildman–Crippen LogP) is 1.22. The van der Waals surface area contributed by atoms with Gasteiger partial charge in [0.05, 0.1) is 5.52 Å². The van der Waals surface area contributed by atoms with Crippen molar-refractivity contribution in [1.82, 2.24) is 14.7 Å². The molecular weight excluding hydrogens is 214 g/mol. The molecule has 1 heterocycles. The van der Waals surface area contributed by atoms with Gasteiger partial charge in [-0.25, -0.2) is 0 Å². The third-order valence-corrected chi connectivity index (χ3v) is 3.49. The molecule has 0 N–H and O–H groups in total. The van der Waals surface area contributed by atoms with Crippen LogP contribution in [0.25, 0.3) is 11.0 Å². The topological polar surface area (TPSA) is 30.7 Å². The van der Waals surface area contributed by atoms with Gasteiger partial charge in [0.15, 0.2) is 0 Å². The van der Waals surface area contributed by atoms with Crippen molar-refractivity contribution in [2.45, 2.75) is 0 Å². The van der Waals surface area contributed by atoms with Crippen LogP contribution in [0.4, 0.5) is 0 Å². The summed E-state index contributed by atoms with van der Waals surface area (Å²) >= 11 is 0. The van der Waals surface area contributed by atoms with E-state index in [1.54, 1.807) is 0 Å². The highest BCUT2D eigenvalue weighted by molar-refractivity contribution is 6.52. The minimum Gasteiger partial charge on any atom is -0.270 e. The standard InChI is InChI=1S/C12H9N3Si/c1-2-6-10(7-3-1)16-15-12-9-5-4-8-11(12)13-14-15/h1-9H. The van der Waals surface area contributed by atoms with Crippen molar-refractivity contribution in [2.24, 2.45) is 0 Å². The van der Waals surface area contributed by atoms with Crippen molar-refractivity contribution in [1.29, 1.82) is 0 Å². The fourth-order valence-electron chi connectivity index (χ4n) is 1.59. The maximum atomic E-state index is 4.17. The summed E-state index contributed by atoms with van der Waals surface area (Å²) in [5.74, 6) is 0. The Kier molecular flexibility index (Phi) is 2.27. The van der Waals surface area contributed by atoms with Gasteiger partial charge in [0.25, 0.3) is 9.68 Å². The summed E-state index contributed by atoms with van der Waals surface area (Å²) < 4.78 is 1.95. The first kappa shape index (κ1) is 9.29. The Labute approximate surface area is 95.6 Å². The van der Waals surface area contributed by atoms with Gasteiger partial charge in [-0.05, 0) is 17.3 Å². The summed E-state index contributed by atoms with van der Waals surface area (Å²) in [7, 11) is 0.498. The van der Waals surface area contributed by atoms with Crippen LogP contribution >= 0.6 is 0 Å². The van der Waals surface area contributed by atoms with Crippen LogP contribution < -0.4 is 5.19 Å². The molecule has 2 aromatic carbocycles. The second-order valence-electron chi connectivity index (χ2n) is 3.47. The zero-order valence-electron chi connectivity index (χ0n) is 8.54. The molecule has 3 aromatic rings. The molecule has 76 valence electrons. The average Bonchev–Trinajstić information content (AvgIpc) is 2.74. The smallest absolute Gasteiger partial charge is 0.256 e. The van der Waals surface area contributed by atoms with Gasteiger partial charge in [-0.3, -0.25) is 4.35 Å². The predicted molar refractivity (Wildman–Crippen MR) is 64.8 cm³/mol. The third-order valence-electron chi connectivity index (χ3n) is 2.36. The van der Waals surface area contributed by atoms with Gasteiger partial charge in [-0.1, -0.05) is 47.7 Å². The third kappa shape index (κ3) is 1.63. The van der Waals surface area contributed by atoms with E-state index >= 15 is 0 Å². The molecule has 0 aliphatic heterocycles. The number of rotatable bonds is 2. The van der Waals surface area contributed by atoms with Gasteiger partial charge in [0.1, 0.15) is 5.52 Å². The largest absolute Gasteiger partial charge is 0.270 e. The number of aromatic nitrogens is 3. The van der Waals surface area contributed by atoms with Crippen LogP contribution in [-0.2, 0) is 0 Å². The van der Waals surface area contributed by atoms with Crippen LogP contribution in [0.1, 0.15) is 0 Å². The molecule has 0 aliphatic rings. The Morgan fingerprint density at radius 3 is 2.50 bits per heavy atom. The number of fused-ring (bicyclic) bond motifs is 1. The monoisotopic (exact) mass is 223 g/mol. The number of nitrogens with zero attached hydrogens (tertiary/aromatic N) is 3. The van der Waals surface area contributed by atoms with Crippen molar-refractivity contribution in [3.8, 4) is 0 Å². The van der Waals surface area contributed by atoms with Crippen LogP contribution in [0, 0.1) is 0 Å². The molecule has 1 aromatic heterocycles. The molecule has 3 nitrogen and oxygen atoms in total.